The maximum Gasteiger partial charge on any atom is 0.216 e. The fourth-order valence-corrected chi connectivity index (χ4v) is 47.2. The van der Waals surface area contributed by atoms with Crippen LogP contribution in [0, 0.1) is 0 Å². The summed E-state index contributed by atoms with van der Waals surface area (Å²) in [6.45, 7) is 43.5. The number of imidazole rings is 3. The minimum absolute atomic E-state index is 0. The van der Waals surface area contributed by atoms with Gasteiger partial charge in [-0.2, -0.15) is 22.2 Å². The third-order valence-corrected chi connectivity index (χ3v) is 52.0. The molecule has 0 unspecified atom stereocenters. The fourth-order valence-electron chi connectivity index (χ4n) is 11.2. The SMILES string of the molecule is C.C.C.CC(=O)CCCC[Si](C)(C)O[Si](C)(C)CCCCC(C)=O.CC(=O)CCCC[Si](C)(C)O[Si](C)(C)CSc1nc2ccccc2[nH]1.CC(=O)NCCC[Si](C)(C)Cl.C[Si](C)(CSC1=Nc2ccccc2C1)O[Si](C)(C)CSc1nc2ccccc2[nH]1.C[Si](C)(Cl)CSc1nc2ccccc2[nH]1. The molecule has 4 aromatic carbocycles. The molecule has 0 radical (unpaired) electrons. The van der Waals surface area contributed by atoms with E-state index in [4.69, 9.17) is 39.5 Å². The molecular weight excluding hydrogens is 1550 g/mol. The van der Waals surface area contributed by atoms with Crippen molar-refractivity contribution in [1.82, 2.24) is 35.2 Å². The number of para-hydroxylation sites is 7. The summed E-state index contributed by atoms with van der Waals surface area (Å²) in [6.07, 6.45) is 10.4. The molecule has 15 nitrogen and oxygen atoms in total. The van der Waals surface area contributed by atoms with Gasteiger partial charge in [-0.3, -0.25) is 4.79 Å². The zero-order chi connectivity index (χ0) is 75.3. The Morgan fingerprint density at radius 2 is 0.740 bits per heavy atom. The first-order chi connectivity index (χ1) is 47.0. The van der Waals surface area contributed by atoms with Crippen LogP contribution in [0.1, 0.15) is 120 Å². The lowest BCUT2D eigenvalue weighted by molar-refractivity contribution is -0.119. The summed E-state index contributed by atoms with van der Waals surface area (Å²) in [5.74, 6) is 0.905. The van der Waals surface area contributed by atoms with E-state index >= 15 is 0 Å². The summed E-state index contributed by atoms with van der Waals surface area (Å²) in [4.78, 5) is 72.1. The molecule has 104 heavy (non-hydrogen) atoms. The van der Waals surface area contributed by atoms with Gasteiger partial charge in [-0.25, -0.2) is 19.9 Å². The number of aromatic amines is 3. The van der Waals surface area contributed by atoms with Crippen molar-refractivity contribution in [1.29, 1.82) is 0 Å². The maximum absolute atomic E-state index is 11.1. The molecule has 0 aliphatic carbocycles. The van der Waals surface area contributed by atoms with Crippen molar-refractivity contribution >= 4 is 201 Å². The van der Waals surface area contributed by atoms with Crippen molar-refractivity contribution in [2.75, 3.05) is 28.0 Å². The summed E-state index contributed by atoms with van der Waals surface area (Å²) < 4.78 is 20.0. The number of nitrogens with one attached hydrogen (secondary N) is 4. The van der Waals surface area contributed by atoms with E-state index in [0.29, 0.717) is 19.3 Å². The number of rotatable bonds is 36. The van der Waals surface area contributed by atoms with Crippen LogP contribution < -0.4 is 5.32 Å². The number of H-pyrrole nitrogens is 3. The normalized spacial score (nSPS) is 12.5. The number of hydrogen-bond donors (Lipinski definition) is 4. The van der Waals surface area contributed by atoms with Crippen LogP contribution in [-0.4, -0.2) is 151 Å². The molecule has 0 saturated heterocycles. The number of aromatic nitrogens is 6. The van der Waals surface area contributed by atoms with E-state index in [0.717, 1.165) is 158 Å². The summed E-state index contributed by atoms with van der Waals surface area (Å²) >= 11 is 19.5. The highest BCUT2D eigenvalue weighted by atomic mass is 35.6. The summed E-state index contributed by atoms with van der Waals surface area (Å²) in [6, 6.07) is 37.3. The van der Waals surface area contributed by atoms with Gasteiger partial charge in [0.05, 0.1) is 43.8 Å². The van der Waals surface area contributed by atoms with Gasteiger partial charge in [-0.05, 0) is 197 Å². The van der Waals surface area contributed by atoms with Gasteiger partial charge in [0.15, 0.2) is 80.1 Å². The van der Waals surface area contributed by atoms with E-state index in [2.05, 4.69) is 176 Å². The number of fused-ring (bicyclic) bond motifs is 4. The lowest BCUT2D eigenvalue weighted by atomic mass is 10.2. The van der Waals surface area contributed by atoms with Gasteiger partial charge in [0.2, 0.25) is 5.91 Å². The predicted molar refractivity (Wildman–Crippen MR) is 481 cm³/mol. The van der Waals surface area contributed by atoms with E-state index in [1.54, 1.807) is 56.1 Å². The highest BCUT2D eigenvalue weighted by Gasteiger charge is 2.36. The molecular formula is C75H132Cl2N8O7S4Si8. The van der Waals surface area contributed by atoms with E-state index in [1.807, 2.05) is 72.4 Å². The quantitative estimate of drug-likeness (QED) is 0.0125. The molecule has 29 heteroatoms. The van der Waals surface area contributed by atoms with Gasteiger partial charge >= 0.3 is 0 Å². The molecule has 1 aliphatic rings. The third kappa shape index (κ3) is 44.0. The molecule has 1 aliphatic heterocycles. The Morgan fingerprint density at radius 3 is 1.08 bits per heavy atom. The molecule has 0 fully saturated rings. The highest BCUT2D eigenvalue weighted by Crippen LogP contribution is 2.34. The van der Waals surface area contributed by atoms with Crippen molar-refractivity contribution in [2.24, 2.45) is 4.99 Å². The van der Waals surface area contributed by atoms with Crippen LogP contribution >= 0.6 is 69.2 Å². The van der Waals surface area contributed by atoms with Gasteiger partial charge in [0.1, 0.15) is 17.3 Å². The molecule has 4 N–H and O–H groups in total. The van der Waals surface area contributed by atoms with E-state index in [1.165, 1.54) is 17.5 Å². The molecule has 0 saturated carbocycles. The number of halogens is 2. The molecule has 3 aromatic heterocycles. The van der Waals surface area contributed by atoms with Crippen molar-refractivity contribution in [2.45, 2.75) is 265 Å². The van der Waals surface area contributed by atoms with Crippen LogP contribution in [-0.2, 0) is 37.9 Å². The Labute approximate surface area is 662 Å². The van der Waals surface area contributed by atoms with Gasteiger partial charge in [0, 0.05) is 60.7 Å². The number of carbonyl (C=O) groups is 4. The summed E-state index contributed by atoms with van der Waals surface area (Å²) in [5.41, 5.74) is 8.82. The number of unbranched alkanes of at least 4 members (excludes halogenated alkanes) is 3. The summed E-state index contributed by atoms with van der Waals surface area (Å²) in [5, 5.41) is 10.9. The molecule has 7 aromatic rings. The van der Waals surface area contributed by atoms with E-state index < -0.39 is 64.7 Å². The number of thioether (sulfide) groups is 4. The Morgan fingerprint density at radius 1 is 0.413 bits per heavy atom. The lowest BCUT2D eigenvalue weighted by Crippen LogP contribution is -2.48. The van der Waals surface area contributed by atoms with Crippen LogP contribution in [0.15, 0.2) is 118 Å². The van der Waals surface area contributed by atoms with Crippen LogP contribution in [0.4, 0.5) is 5.69 Å². The minimum Gasteiger partial charge on any atom is -0.455 e. The standard InChI is InChI=1S/C21H27N3OS2Si2.C18H30N2O2SSi2.C16H34O3Si2.C10H13ClN2SSi.C7H16ClNOSi.3CH4/c1-28(2,14-26-20-13-16-9-5-6-10-17(16)22-20)25-29(3,4)15-27-21-23-18-11-7-8-12-19(18)24-21;1-15(21)10-8-9-13-24(2,3)22-25(4,5)14-23-18-19-16-11-6-7-12-17(16)20-18;1-15(17)11-7-9-13-20(3,4)19-21(5,6)14-10-8-12-16(2)18;1-15(2,11)7-14-10-12-8-5-3-4-6-9(8)13-10;1-7(10)9-5-4-6-11(2,3)8;;;/h5-12H,13-15H2,1-4H3,(H,23,24);6-7,11-12H,8-10,13-14H2,1-5H3,(H,19,20);7-14H2,1-6H3;3-6H,7H2,1-2H3,(H,12,13);4-6H2,1-3H3,(H,9,10);3*1H4. The maximum atomic E-state index is 11.1. The van der Waals surface area contributed by atoms with E-state index in [9.17, 15) is 19.2 Å². The Balaban J connectivity index is 0.000000668. The van der Waals surface area contributed by atoms with Crippen molar-refractivity contribution in [3.8, 4) is 0 Å². The van der Waals surface area contributed by atoms with Gasteiger partial charge < -0.3 is 47.0 Å². The second-order valence-corrected chi connectivity index (χ2v) is 77.2. The van der Waals surface area contributed by atoms with Crippen LogP contribution in [0.25, 0.3) is 33.1 Å². The first kappa shape index (κ1) is 99.0. The smallest absolute Gasteiger partial charge is 0.216 e. The van der Waals surface area contributed by atoms with Crippen LogP contribution in [0.5, 0.6) is 0 Å². The number of aliphatic imine (C=N–C) groups is 1. The second kappa shape index (κ2) is 47.3. The minimum atomic E-state index is -1.80. The molecule has 0 bridgehead atoms. The number of ketones is 3. The number of nitrogens with zero attached hydrogens (tertiary/aromatic N) is 4. The van der Waals surface area contributed by atoms with Crippen molar-refractivity contribution in [3.05, 3.63) is 103 Å². The van der Waals surface area contributed by atoms with E-state index in [-0.39, 0.29) is 45.5 Å². The lowest BCUT2D eigenvalue weighted by Gasteiger charge is -2.34. The van der Waals surface area contributed by atoms with Crippen molar-refractivity contribution < 1.29 is 31.5 Å². The van der Waals surface area contributed by atoms with Crippen molar-refractivity contribution in [3.63, 3.8) is 0 Å². The number of amides is 1. The molecule has 0 atom stereocenters. The number of Topliss-reactive ketones (excluding diaryl/α,β-unsaturated/α-hetero) is 3. The van der Waals surface area contributed by atoms with Crippen LogP contribution in [0.2, 0.25) is 129 Å². The molecule has 4 heterocycles. The average molecular weight is 1680 g/mol. The zero-order valence-electron chi connectivity index (χ0n) is 64.4. The second-order valence-electron chi connectivity index (χ2n) is 31.3. The van der Waals surface area contributed by atoms with Gasteiger partial charge in [-0.1, -0.05) is 158 Å². The van der Waals surface area contributed by atoms with Gasteiger partial charge in [0.25, 0.3) is 0 Å². The largest absolute Gasteiger partial charge is 0.455 e. The Hall–Kier alpha value is -2.96. The highest BCUT2D eigenvalue weighted by molar-refractivity contribution is 8.15. The first-order valence-electron chi connectivity index (χ1n) is 35.7. The topological polar surface area (TPSA) is 206 Å². The fraction of sp³-hybridized carbons (Fsp3) is 0.573. The third-order valence-electron chi connectivity index (χ3n) is 15.6. The molecule has 1 amide bonds. The summed E-state index contributed by atoms with van der Waals surface area (Å²) in [7, 11) is -13.1. The van der Waals surface area contributed by atoms with Gasteiger partial charge in [-0.15, -0.1) is 11.8 Å². The Bertz CT molecular complexity index is 3600. The molecule has 8 rings (SSSR count). The number of carbonyl (C=O) groups excluding carboxylic acids is 4. The molecule has 584 valence electrons. The predicted octanol–water partition coefficient (Wildman–Crippen LogP) is 24.0. The monoisotopic (exact) mass is 1680 g/mol. The first-order valence-corrected chi connectivity index (χ1v) is 66.8. The number of hydrogen-bond acceptors (Lipinski definition) is 15. The van der Waals surface area contributed by atoms with Crippen LogP contribution in [0.3, 0.4) is 0 Å². The number of benzene rings is 4. The Kier molecular flexibility index (Phi) is 45.0. The molecule has 0 spiro atoms. The zero-order valence-corrected chi connectivity index (χ0v) is 77.2. The average Bonchev–Trinajstić information content (AvgIpc) is 1.81.